The van der Waals surface area contributed by atoms with Crippen molar-refractivity contribution in [2.75, 3.05) is 25.9 Å². The second-order valence-corrected chi connectivity index (χ2v) is 10.1. The van der Waals surface area contributed by atoms with Gasteiger partial charge in [0.15, 0.2) is 0 Å². The summed E-state index contributed by atoms with van der Waals surface area (Å²) >= 11 is 0. The summed E-state index contributed by atoms with van der Waals surface area (Å²) in [4.78, 5) is 49.9. The number of carbonyl (C=O) groups is 4. The van der Waals surface area contributed by atoms with E-state index in [1.807, 2.05) is 0 Å². The van der Waals surface area contributed by atoms with E-state index < -0.39 is 49.1 Å². The predicted molar refractivity (Wildman–Crippen MR) is 122 cm³/mol. The first-order chi connectivity index (χ1) is 15.8. The maximum Gasteiger partial charge on any atom is 0.341 e. The topological polar surface area (TPSA) is 155 Å². The third-order valence-electron chi connectivity index (χ3n) is 3.90. The average molecular weight is 501 g/mol. The van der Waals surface area contributed by atoms with Crippen molar-refractivity contribution in [3.8, 4) is 5.75 Å². The van der Waals surface area contributed by atoms with Gasteiger partial charge in [-0.25, -0.2) is 0 Å². The maximum atomic E-state index is 12.9. The minimum Gasteiger partial charge on any atom is -0.508 e. The Kier molecular flexibility index (Phi) is 11.4. The monoisotopic (exact) mass is 501 g/mol. The summed E-state index contributed by atoms with van der Waals surface area (Å²) in [6.45, 7) is 8.03. The Labute approximate surface area is 198 Å². The number of ketones is 1. The van der Waals surface area contributed by atoms with Crippen LogP contribution in [0.2, 0.25) is 0 Å². The molecule has 0 aromatic heterocycles. The first kappa shape index (κ1) is 29.3. The van der Waals surface area contributed by atoms with Crippen LogP contribution in [-0.4, -0.2) is 66.4 Å². The molecule has 0 aliphatic rings. The quantitative estimate of drug-likeness (QED) is 0.178. The van der Waals surface area contributed by atoms with Crippen LogP contribution in [0.15, 0.2) is 24.3 Å². The second kappa shape index (κ2) is 13.2. The number of phenolic OH excluding ortho intramolecular Hbond substituents is 1. The van der Waals surface area contributed by atoms with Crippen LogP contribution in [0.1, 0.15) is 51.4 Å². The van der Waals surface area contributed by atoms with Crippen LogP contribution in [0.25, 0.3) is 0 Å². The molecule has 2 N–H and O–H groups in total. The molecule has 1 rings (SSSR count). The molecule has 0 saturated heterocycles. The highest BCUT2D eigenvalue weighted by atomic mass is 31.2. The fourth-order valence-corrected chi connectivity index (χ4v) is 4.06. The van der Waals surface area contributed by atoms with E-state index in [0.29, 0.717) is 0 Å². The Morgan fingerprint density at radius 2 is 1.56 bits per heavy atom. The maximum absolute atomic E-state index is 12.9. The summed E-state index contributed by atoms with van der Waals surface area (Å²) in [5.74, 6) is -3.70. The molecule has 0 fully saturated rings. The summed E-state index contributed by atoms with van der Waals surface area (Å²) in [7, 11) is -3.84. The fraction of sp³-hybridized carbons (Fsp3) is 0.545. The van der Waals surface area contributed by atoms with Crippen molar-refractivity contribution >= 4 is 31.2 Å². The summed E-state index contributed by atoms with van der Waals surface area (Å²) in [6, 6.07) is 4.95. The zero-order valence-electron chi connectivity index (χ0n) is 20.0. The number of hydrogen-bond donors (Lipinski definition) is 2. The number of Topliss-reactive ketones (excluding diaryl/α,β-unsaturated/α-hetero) is 1. The lowest BCUT2D eigenvalue weighted by Crippen LogP contribution is -2.44. The van der Waals surface area contributed by atoms with Crippen molar-refractivity contribution < 1.29 is 47.4 Å². The minimum absolute atomic E-state index is 0.00553. The molecule has 12 heteroatoms. The number of ether oxygens (including phenoxy) is 2. The van der Waals surface area contributed by atoms with Crippen molar-refractivity contribution in [1.29, 1.82) is 0 Å². The third-order valence-corrected chi connectivity index (χ3v) is 5.85. The number of benzene rings is 1. The van der Waals surface area contributed by atoms with Crippen LogP contribution < -0.4 is 5.32 Å². The highest BCUT2D eigenvalue weighted by molar-refractivity contribution is 7.54. The van der Waals surface area contributed by atoms with E-state index in [1.54, 1.807) is 34.6 Å². The van der Waals surface area contributed by atoms with E-state index in [1.165, 1.54) is 24.3 Å². The average Bonchev–Trinajstić information content (AvgIpc) is 2.70. The van der Waals surface area contributed by atoms with Gasteiger partial charge in [-0.3, -0.25) is 23.7 Å². The number of hydrogen-bond acceptors (Lipinski definition) is 10. The van der Waals surface area contributed by atoms with Gasteiger partial charge in [0.2, 0.25) is 11.9 Å². The first-order valence-corrected chi connectivity index (χ1v) is 12.4. The second-order valence-electron chi connectivity index (χ2n) is 8.01. The van der Waals surface area contributed by atoms with Gasteiger partial charge >= 0.3 is 19.5 Å². The zero-order valence-corrected chi connectivity index (χ0v) is 20.9. The van der Waals surface area contributed by atoms with Crippen molar-refractivity contribution in [3.63, 3.8) is 0 Å². The molecule has 1 unspecified atom stereocenters. The molecule has 0 bridgehead atoms. The lowest BCUT2D eigenvalue weighted by molar-refractivity contribution is -0.155. The standard InChI is InChI=1S/C22H32NO10P/c1-6-30-34(29,31-7-2)14-18(26)32-20(19(27)15-8-10-16(24)11-9-15)21(28)23-13-12-17(25)33-22(3,4)5/h8-11,20,24H,6-7,12-14H2,1-5H3,(H,23,28). The molecule has 0 aliphatic heterocycles. The van der Waals surface area contributed by atoms with Crippen LogP contribution >= 0.6 is 7.60 Å². The normalized spacial score (nSPS) is 12.5. The zero-order chi connectivity index (χ0) is 25.9. The van der Waals surface area contributed by atoms with Gasteiger partial charge in [0.25, 0.3) is 5.91 Å². The Morgan fingerprint density at radius 3 is 2.06 bits per heavy atom. The van der Waals surface area contributed by atoms with Crippen molar-refractivity contribution in [2.24, 2.45) is 0 Å². The Balaban J connectivity index is 2.97. The van der Waals surface area contributed by atoms with E-state index in [4.69, 9.17) is 18.5 Å². The summed E-state index contributed by atoms with van der Waals surface area (Å²) < 4.78 is 32.9. The molecular formula is C22H32NO10P. The first-order valence-electron chi connectivity index (χ1n) is 10.7. The van der Waals surface area contributed by atoms with Crippen molar-refractivity contribution in [1.82, 2.24) is 5.32 Å². The summed E-state index contributed by atoms with van der Waals surface area (Å²) in [6.07, 6.45) is -2.92. The van der Waals surface area contributed by atoms with Crippen LogP contribution in [-0.2, 0) is 37.5 Å². The lowest BCUT2D eigenvalue weighted by Gasteiger charge is -2.21. The Morgan fingerprint density at radius 1 is 1.00 bits per heavy atom. The molecule has 190 valence electrons. The number of rotatable bonds is 13. The van der Waals surface area contributed by atoms with Crippen molar-refractivity contribution in [2.45, 2.75) is 52.7 Å². The van der Waals surface area contributed by atoms with Gasteiger partial charge < -0.3 is 28.9 Å². The third kappa shape index (κ3) is 10.5. The molecule has 1 aromatic rings. The van der Waals surface area contributed by atoms with Crippen LogP contribution in [0.4, 0.5) is 0 Å². The van der Waals surface area contributed by atoms with Gasteiger partial charge in [0, 0.05) is 12.1 Å². The number of nitrogens with one attached hydrogen (secondary N) is 1. The molecule has 1 amide bonds. The van der Waals surface area contributed by atoms with Gasteiger partial charge in [-0.1, -0.05) is 0 Å². The number of aromatic hydroxyl groups is 1. The van der Waals surface area contributed by atoms with Gasteiger partial charge in [-0.2, -0.15) is 0 Å². The predicted octanol–water partition coefficient (Wildman–Crippen LogP) is 2.60. The lowest BCUT2D eigenvalue weighted by atomic mass is 10.1. The van der Waals surface area contributed by atoms with E-state index in [-0.39, 0.29) is 37.5 Å². The van der Waals surface area contributed by atoms with Gasteiger partial charge in [0.1, 0.15) is 17.5 Å². The molecule has 1 atom stereocenters. The Bertz CT molecular complexity index is 897. The molecule has 1 aromatic carbocycles. The van der Waals surface area contributed by atoms with E-state index in [9.17, 15) is 28.8 Å². The number of esters is 2. The highest BCUT2D eigenvalue weighted by Gasteiger charge is 2.35. The summed E-state index contributed by atoms with van der Waals surface area (Å²) in [5, 5.41) is 11.8. The SMILES string of the molecule is CCOP(=O)(CC(=O)OC(C(=O)NCCC(=O)OC(C)(C)C)C(=O)c1ccc(O)cc1)OCC. The molecule has 0 saturated carbocycles. The molecule has 11 nitrogen and oxygen atoms in total. The summed E-state index contributed by atoms with van der Waals surface area (Å²) in [5.41, 5.74) is -0.723. The largest absolute Gasteiger partial charge is 0.508 e. The fourth-order valence-electron chi connectivity index (χ4n) is 2.62. The van der Waals surface area contributed by atoms with Gasteiger partial charge in [0.05, 0.1) is 19.6 Å². The molecule has 34 heavy (non-hydrogen) atoms. The van der Waals surface area contributed by atoms with E-state index >= 15 is 0 Å². The van der Waals surface area contributed by atoms with Gasteiger partial charge in [-0.05, 0) is 58.9 Å². The van der Waals surface area contributed by atoms with Crippen LogP contribution in [0.5, 0.6) is 5.75 Å². The highest BCUT2D eigenvalue weighted by Crippen LogP contribution is 2.47. The van der Waals surface area contributed by atoms with Crippen LogP contribution in [0.3, 0.4) is 0 Å². The molecule has 0 radical (unpaired) electrons. The smallest absolute Gasteiger partial charge is 0.341 e. The van der Waals surface area contributed by atoms with Gasteiger partial charge in [-0.15, -0.1) is 0 Å². The minimum atomic E-state index is -3.84. The molecule has 0 spiro atoms. The molecule has 0 aliphatic carbocycles. The van der Waals surface area contributed by atoms with Crippen LogP contribution in [0, 0.1) is 0 Å². The number of amides is 1. The van der Waals surface area contributed by atoms with E-state index in [0.717, 1.165) is 0 Å². The van der Waals surface area contributed by atoms with E-state index in [2.05, 4.69) is 5.32 Å². The van der Waals surface area contributed by atoms with Crippen molar-refractivity contribution in [3.05, 3.63) is 29.8 Å². The molecular weight excluding hydrogens is 469 g/mol. The Hall–Kier alpha value is -2.75. The number of carbonyl (C=O) groups excluding carboxylic acids is 4. The molecule has 0 heterocycles. The number of phenols is 1.